The van der Waals surface area contributed by atoms with Crippen LogP contribution in [0.15, 0.2) is 71.8 Å². The molecule has 0 fully saturated rings. The lowest BCUT2D eigenvalue weighted by atomic mass is 10.1. The highest BCUT2D eigenvalue weighted by atomic mass is 16.1. The summed E-state index contributed by atoms with van der Waals surface area (Å²) in [7, 11) is 0. The van der Waals surface area contributed by atoms with Crippen molar-refractivity contribution in [2.24, 2.45) is 0 Å². The highest BCUT2D eigenvalue weighted by Crippen LogP contribution is 2.16. The van der Waals surface area contributed by atoms with Crippen LogP contribution in [0.2, 0.25) is 0 Å². The number of hydrogen-bond acceptors (Lipinski definition) is 4. The van der Waals surface area contributed by atoms with Crippen LogP contribution in [0.25, 0.3) is 11.0 Å². The molecule has 4 aromatic rings. The van der Waals surface area contributed by atoms with Crippen molar-refractivity contribution in [2.45, 2.75) is 19.5 Å². The van der Waals surface area contributed by atoms with Crippen LogP contribution in [-0.2, 0) is 19.5 Å². The van der Waals surface area contributed by atoms with Crippen LogP contribution in [0.5, 0.6) is 0 Å². The summed E-state index contributed by atoms with van der Waals surface area (Å²) >= 11 is 0. The molecule has 2 aromatic heterocycles. The van der Waals surface area contributed by atoms with Crippen LogP contribution >= 0.6 is 0 Å². The summed E-state index contributed by atoms with van der Waals surface area (Å²) in [5.41, 5.74) is 8.67. The highest BCUT2D eigenvalue weighted by molar-refractivity contribution is 5.85. The third kappa shape index (κ3) is 3.09. The molecule has 0 unspecified atom stereocenters. The molecule has 0 saturated carbocycles. The third-order valence-electron chi connectivity index (χ3n) is 4.42. The molecular weight excluding hydrogens is 326 g/mol. The number of hydrogen-bond donors (Lipinski definition) is 1. The smallest absolute Gasteiger partial charge is 0.266 e. The van der Waals surface area contributed by atoms with Crippen molar-refractivity contribution in [1.29, 1.82) is 0 Å². The van der Waals surface area contributed by atoms with Gasteiger partial charge in [-0.1, -0.05) is 60.7 Å². The fourth-order valence-electron chi connectivity index (χ4n) is 3.02. The lowest BCUT2D eigenvalue weighted by Gasteiger charge is -2.05. The number of nitrogen functional groups attached to an aromatic ring is 1. The van der Waals surface area contributed by atoms with E-state index in [-0.39, 0.29) is 5.56 Å². The van der Waals surface area contributed by atoms with Gasteiger partial charge in [0.15, 0.2) is 5.65 Å². The number of nitrogens with two attached hydrogens (primary N) is 1. The van der Waals surface area contributed by atoms with Gasteiger partial charge in [0.05, 0.1) is 6.54 Å². The van der Waals surface area contributed by atoms with Crippen LogP contribution in [-0.4, -0.2) is 19.3 Å². The van der Waals surface area contributed by atoms with Crippen LogP contribution in [0, 0.1) is 0 Å². The van der Waals surface area contributed by atoms with Gasteiger partial charge in [0, 0.05) is 6.54 Å². The van der Waals surface area contributed by atoms with E-state index in [9.17, 15) is 4.79 Å². The van der Waals surface area contributed by atoms with E-state index in [2.05, 4.69) is 22.2 Å². The van der Waals surface area contributed by atoms with Crippen molar-refractivity contribution in [3.8, 4) is 0 Å². The standard InChI is InChI=1S/C20H19N5O/c21-18-17-19(23-25(18)12-11-15-7-3-1-4-8-15)22-14-24(20(17)26)13-16-9-5-2-6-10-16/h1-10,14H,11-13,21H2. The van der Waals surface area contributed by atoms with Gasteiger partial charge in [-0.15, -0.1) is 0 Å². The number of benzene rings is 2. The molecular formula is C20H19N5O. The Morgan fingerprint density at radius 3 is 2.27 bits per heavy atom. The van der Waals surface area contributed by atoms with Gasteiger partial charge >= 0.3 is 0 Å². The molecule has 0 aliphatic carbocycles. The lowest BCUT2D eigenvalue weighted by Crippen LogP contribution is -2.21. The molecule has 0 amide bonds. The van der Waals surface area contributed by atoms with Gasteiger partial charge in [0.2, 0.25) is 0 Å². The second kappa shape index (κ2) is 6.84. The minimum Gasteiger partial charge on any atom is -0.383 e. The molecule has 2 aromatic carbocycles. The second-order valence-corrected chi connectivity index (χ2v) is 6.21. The summed E-state index contributed by atoms with van der Waals surface area (Å²) in [6, 6.07) is 19.9. The van der Waals surface area contributed by atoms with Gasteiger partial charge in [-0.25, -0.2) is 9.67 Å². The molecule has 130 valence electrons. The maximum Gasteiger partial charge on any atom is 0.266 e. The van der Waals surface area contributed by atoms with Gasteiger partial charge in [0.1, 0.15) is 17.5 Å². The van der Waals surface area contributed by atoms with Crippen molar-refractivity contribution >= 4 is 16.9 Å². The summed E-state index contributed by atoms with van der Waals surface area (Å²) in [6.45, 7) is 1.06. The zero-order valence-corrected chi connectivity index (χ0v) is 14.2. The van der Waals surface area contributed by atoms with Crippen LogP contribution < -0.4 is 11.3 Å². The van der Waals surface area contributed by atoms with E-state index >= 15 is 0 Å². The molecule has 2 N–H and O–H groups in total. The lowest BCUT2D eigenvalue weighted by molar-refractivity contribution is 0.628. The first-order valence-electron chi connectivity index (χ1n) is 8.51. The Hall–Kier alpha value is -3.41. The molecule has 26 heavy (non-hydrogen) atoms. The van der Waals surface area contributed by atoms with E-state index in [1.165, 1.54) is 11.9 Å². The minimum absolute atomic E-state index is 0.165. The number of fused-ring (bicyclic) bond motifs is 1. The monoisotopic (exact) mass is 345 g/mol. The molecule has 0 spiro atoms. The van der Waals surface area contributed by atoms with Crippen molar-refractivity contribution in [3.05, 3.63) is 88.5 Å². The molecule has 4 rings (SSSR count). The van der Waals surface area contributed by atoms with Crippen LogP contribution in [0.3, 0.4) is 0 Å². The first-order chi connectivity index (χ1) is 12.7. The number of nitrogens with zero attached hydrogens (tertiary/aromatic N) is 4. The molecule has 0 radical (unpaired) electrons. The van der Waals surface area contributed by atoms with Crippen molar-refractivity contribution < 1.29 is 0 Å². The van der Waals surface area contributed by atoms with E-state index in [0.29, 0.717) is 29.9 Å². The Morgan fingerprint density at radius 2 is 1.58 bits per heavy atom. The summed E-state index contributed by atoms with van der Waals surface area (Å²) in [6.07, 6.45) is 2.32. The Balaban J connectivity index is 1.64. The van der Waals surface area contributed by atoms with Crippen molar-refractivity contribution in [2.75, 3.05) is 5.73 Å². The molecule has 0 aliphatic rings. The quantitative estimate of drug-likeness (QED) is 0.603. The first-order valence-corrected chi connectivity index (χ1v) is 8.51. The molecule has 0 bridgehead atoms. The third-order valence-corrected chi connectivity index (χ3v) is 4.42. The topological polar surface area (TPSA) is 78.7 Å². The molecule has 6 heteroatoms. The summed E-state index contributed by atoms with van der Waals surface area (Å²) < 4.78 is 3.23. The normalized spacial score (nSPS) is 11.1. The van der Waals surface area contributed by atoms with Crippen LogP contribution in [0.1, 0.15) is 11.1 Å². The van der Waals surface area contributed by atoms with E-state index in [1.807, 2.05) is 48.5 Å². The maximum absolute atomic E-state index is 12.8. The average molecular weight is 345 g/mol. The molecule has 0 saturated heterocycles. The van der Waals surface area contributed by atoms with Crippen molar-refractivity contribution in [1.82, 2.24) is 19.3 Å². The van der Waals surface area contributed by atoms with Crippen molar-refractivity contribution in [3.63, 3.8) is 0 Å². The summed E-state index contributed by atoms with van der Waals surface area (Å²) in [5.74, 6) is 0.371. The predicted molar refractivity (Wildman–Crippen MR) is 102 cm³/mol. The van der Waals surface area contributed by atoms with Gasteiger partial charge in [-0.3, -0.25) is 9.36 Å². The Bertz CT molecular complexity index is 1080. The van der Waals surface area contributed by atoms with E-state index < -0.39 is 0 Å². The first kappa shape index (κ1) is 16.1. The second-order valence-electron chi connectivity index (χ2n) is 6.21. The fraction of sp³-hybridized carbons (Fsp3) is 0.150. The van der Waals surface area contributed by atoms with Gasteiger partial charge < -0.3 is 5.73 Å². The summed E-state index contributed by atoms with van der Waals surface area (Å²) in [4.78, 5) is 17.2. The largest absolute Gasteiger partial charge is 0.383 e. The zero-order valence-electron chi connectivity index (χ0n) is 14.2. The molecule has 0 aliphatic heterocycles. The maximum atomic E-state index is 12.8. The zero-order chi connectivity index (χ0) is 17.9. The Morgan fingerprint density at radius 1 is 0.923 bits per heavy atom. The van der Waals surface area contributed by atoms with E-state index in [1.54, 1.807) is 9.25 Å². The Kier molecular flexibility index (Phi) is 4.23. The summed E-state index contributed by atoms with van der Waals surface area (Å²) in [5, 5.41) is 4.79. The van der Waals surface area contributed by atoms with Gasteiger partial charge in [-0.2, -0.15) is 5.10 Å². The Labute approximate surface area is 150 Å². The van der Waals surface area contributed by atoms with Crippen LogP contribution in [0.4, 0.5) is 5.82 Å². The number of rotatable bonds is 5. The predicted octanol–water partition coefficient (Wildman–Crippen LogP) is 2.47. The minimum atomic E-state index is -0.165. The van der Waals surface area contributed by atoms with E-state index in [0.717, 1.165) is 12.0 Å². The van der Waals surface area contributed by atoms with Gasteiger partial charge in [-0.05, 0) is 17.5 Å². The fourth-order valence-corrected chi connectivity index (χ4v) is 3.02. The number of aryl methyl sites for hydroxylation is 2. The molecule has 0 atom stereocenters. The number of anilines is 1. The molecule has 6 nitrogen and oxygen atoms in total. The average Bonchev–Trinajstić information content (AvgIpc) is 3.00. The number of aromatic nitrogens is 4. The SMILES string of the molecule is Nc1c2c(=O)n(Cc3ccccc3)cnc2nn1CCc1ccccc1. The van der Waals surface area contributed by atoms with Gasteiger partial charge in [0.25, 0.3) is 5.56 Å². The highest BCUT2D eigenvalue weighted by Gasteiger charge is 2.15. The molecule has 2 heterocycles. The van der Waals surface area contributed by atoms with E-state index in [4.69, 9.17) is 5.73 Å².